The molecule has 4 aromatic heterocycles. The van der Waals surface area contributed by atoms with E-state index in [2.05, 4.69) is 36.9 Å². The van der Waals surface area contributed by atoms with E-state index >= 15 is 0 Å². The van der Waals surface area contributed by atoms with Gasteiger partial charge in [0.05, 0.1) is 10.1 Å². The molecule has 7 nitrogen and oxygen atoms in total. The second-order valence-corrected chi connectivity index (χ2v) is 7.72. The molecule has 0 saturated heterocycles. The smallest absolute Gasteiger partial charge is 0.257 e. The summed E-state index contributed by atoms with van der Waals surface area (Å²) in [6.07, 6.45) is 3.51. The highest BCUT2D eigenvalue weighted by atomic mass is 32.2. The zero-order valence-electron chi connectivity index (χ0n) is 14.2. The van der Waals surface area contributed by atoms with Gasteiger partial charge >= 0.3 is 0 Å². The number of pyridine rings is 1. The van der Waals surface area contributed by atoms with Gasteiger partial charge in [0.15, 0.2) is 11.0 Å². The molecule has 9 heteroatoms. The summed E-state index contributed by atoms with van der Waals surface area (Å²) in [5.41, 5.74) is 0.992. The first-order chi connectivity index (χ1) is 12.8. The Kier molecular flexibility index (Phi) is 4.81. The van der Waals surface area contributed by atoms with Gasteiger partial charge in [-0.3, -0.25) is 4.98 Å². The predicted octanol–water partition coefficient (Wildman–Crippen LogP) is 4.32. The summed E-state index contributed by atoms with van der Waals surface area (Å²) in [6, 6.07) is 7.79. The van der Waals surface area contributed by atoms with Crippen LogP contribution in [0.15, 0.2) is 51.6 Å². The summed E-state index contributed by atoms with van der Waals surface area (Å²) in [5, 5.41) is 19.8. The van der Waals surface area contributed by atoms with E-state index < -0.39 is 0 Å². The number of aromatic nitrogens is 6. The van der Waals surface area contributed by atoms with Gasteiger partial charge in [-0.05, 0) is 37.4 Å². The summed E-state index contributed by atoms with van der Waals surface area (Å²) < 4.78 is 7.91. The molecule has 0 radical (unpaired) electrons. The fraction of sp³-hybridized carbons (Fsp3) is 0.235. The summed E-state index contributed by atoms with van der Waals surface area (Å²) in [6.45, 7) is 4.87. The SMILES string of the molecule is CCn1c(S[C@@H](C)c2nnc(-c3cccs3)o2)nnc1-c1ccncc1. The lowest BCUT2D eigenvalue weighted by molar-refractivity contribution is 0.509. The maximum atomic E-state index is 5.83. The molecule has 0 aliphatic carbocycles. The molecule has 1 atom stereocenters. The van der Waals surface area contributed by atoms with Crippen molar-refractivity contribution in [3.8, 4) is 22.2 Å². The second kappa shape index (κ2) is 7.38. The maximum absolute atomic E-state index is 5.83. The highest BCUT2D eigenvalue weighted by Crippen LogP contribution is 2.36. The van der Waals surface area contributed by atoms with Crippen LogP contribution in [-0.4, -0.2) is 29.9 Å². The van der Waals surface area contributed by atoms with Crippen molar-refractivity contribution in [3.05, 3.63) is 47.9 Å². The van der Waals surface area contributed by atoms with E-state index in [1.807, 2.05) is 36.6 Å². The van der Waals surface area contributed by atoms with E-state index in [0.717, 1.165) is 28.0 Å². The van der Waals surface area contributed by atoms with Gasteiger partial charge in [0.1, 0.15) is 0 Å². The molecular formula is C17H16N6OS2. The van der Waals surface area contributed by atoms with Gasteiger partial charge in [-0.2, -0.15) is 0 Å². The Morgan fingerprint density at radius 1 is 1.15 bits per heavy atom. The van der Waals surface area contributed by atoms with Crippen molar-refractivity contribution in [1.82, 2.24) is 29.9 Å². The Bertz CT molecular complexity index is 980. The van der Waals surface area contributed by atoms with Gasteiger partial charge < -0.3 is 8.98 Å². The summed E-state index contributed by atoms with van der Waals surface area (Å²) in [4.78, 5) is 5.03. The average Bonchev–Trinajstić information content (AvgIpc) is 3.42. The van der Waals surface area contributed by atoms with E-state index in [1.54, 1.807) is 35.5 Å². The van der Waals surface area contributed by atoms with Gasteiger partial charge in [0, 0.05) is 24.5 Å². The molecule has 4 aromatic rings. The largest absolute Gasteiger partial charge is 0.419 e. The third-order valence-electron chi connectivity index (χ3n) is 3.77. The van der Waals surface area contributed by atoms with Crippen LogP contribution in [0.1, 0.15) is 25.0 Å². The van der Waals surface area contributed by atoms with Crippen molar-refractivity contribution in [2.45, 2.75) is 30.8 Å². The van der Waals surface area contributed by atoms with Crippen LogP contribution in [0.5, 0.6) is 0 Å². The summed E-state index contributed by atoms with van der Waals surface area (Å²) >= 11 is 3.13. The highest BCUT2D eigenvalue weighted by molar-refractivity contribution is 7.99. The van der Waals surface area contributed by atoms with Gasteiger partial charge in [-0.1, -0.05) is 17.8 Å². The molecule has 0 N–H and O–H groups in total. The van der Waals surface area contributed by atoms with E-state index in [9.17, 15) is 0 Å². The van der Waals surface area contributed by atoms with Crippen LogP contribution in [0.4, 0.5) is 0 Å². The van der Waals surface area contributed by atoms with Crippen LogP contribution in [0.3, 0.4) is 0 Å². The minimum Gasteiger partial charge on any atom is -0.419 e. The lowest BCUT2D eigenvalue weighted by Gasteiger charge is -2.09. The van der Waals surface area contributed by atoms with Crippen molar-refractivity contribution in [3.63, 3.8) is 0 Å². The van der Waals surface area contributed by atoms with E-state index in [0.29, 0.717) is 11.8 Å². The topological polar surface area (TPSA) is 82.5 Å². The number of rotatable bonds is 6. The fourth-order valence-electron chi connectivity index (χ4n) is 2.48. The lowest BCUT2D eigenvalue weighted by Crippen LogP contribution is -2.01. The zero-order valence-corrected chi connectivity index (χ0v) is 15.9. The van der Waals surface area contributed by atoms with E-state index in [4.69, 9.17) is 4.42 Å². The molecule has 0 aliphatic rings. The van der Waals surface area contributed by atoms with Crippen molar-refractivity contribution >= 4 is 23.1 Å². The summed E-state index contributed by atoms with van der Waals surface area (Å²) in [5.74, 6) is 1.96. The molecule has 0 spiro atoms. The molecule has 132 valence electrons. The van der Waals surface area contributed by atoms with Crippen molar-refractivity contribution in [2.75, 3.05) is 0 Å². The second-order valence-electron chi connectivity index (χ2n) is 5.47. The molecular weight excluding hydrogens is 368 g/mol. The normalized spacial score (nSPS) is 12.4. The quantitative estimate of drug-likeness (QED) is 0.458. The third-order valence-corrected chi connectivity index (χ3v) is 5.70. The highest BCUT2D eigenvalue weighted by Gasteiger charge is 2.21. The van der Waals surface area contributed by atoms with Crippen LogP contribution in [0.2, 0.25) is 0 Å². The molecule has 0 bridgehead atoms. The minimum atomic E-state index is -0.0315. The maximum Gasteiger partial charge on any atom is 0.257 e. The third kappa shape index (κ3) is 3.27. The fourth-order valence-corrected chi connectivity index (χ4v) is 4.07. The predicted molar refractivity (Wildman–Crippen MR) is 101 cm³/mol. The summed E-state index contributed by atoms with van der Waals surface area (Å²) in [7, 11) is 0. The van der Waals surface area contributed by atoms with Gasteiger partial charge in [0.2, 0.25) is 5.89 Å². The van der Waals surface area contributed by atoms with Crippen LogP contribution in [0.25, 0.3) is 22.2 Å². The number of nitrogens with zero attached hydrogens (tertiary/aromatic N) is 6. The van der Waals surface area contributed by atoms with E-state index in [1.165, 1.54) is 0 Å². The monoisotopic (exact) mass is 384 g/mol. The van der Waals surface area contributed by atoms with Gasteiger partial charge in [0.25, 0.3) is 5.89 Å². The molecule has 0 amide bonds. The molecule has 4 heterocycles. The van der Waals surface area contributed by atoms with Crippen molar-refractivity contribution < 1.29 is 4.42 Å². The Balaban J connectivity index is 1.57. The van der Waals surface area contributed by atoms with Crippen LogP contribution < -0.4 is 0 Å². The molecule has 0 fully saturated rings. The Labute approximate surface area is 158 Å². The standard InChI is InChI=1S/C17H16N6OS2/c1-3-23-14(12-6-8-18-9-7-12)19-22-17(23)26-11(2)15-20-21-16(24-15)13-5-4-10-25-13/h4-11H,3H2,1-2H3/t11-/m0/s1. The zero-order chi connectivity index (χ0) is 17.9. The Morgan fingerprint density at radius 2 is 2.00 bits per heavy atom. The lowest BCUT2D eigenvalue weighted by atomic mass is 10.2. The van der Waals surface area contributed by atoms with Crippen LogP contribution in [0, 0.1) is 0 Å². The molecule has 0 aliphatic heterocycles. The van der Waals surface area contributed by atoms with Gasteiger partial charge in [-0.15, -0.1) is 31.7 Å². The first-order valence-corrected chi connectivity index (χ1v) is 9.89. The van der Waals surface area contributed by atoms with Crippen molar-refractivity contribution in [1.29, 1.82) is 0 Å². The molecule has 4 rings (SSSR count). The minimum absolute atomic E-state index is 0.0315. The molecule has 0 saturated carbocycles. The molecule has 0 aromatic carbocycles. The number of thioether (sulfide) groups is 1. The molecule has 26 heavy (non-hydrogen) atoms. The van der Waals surface area contributed by atoms with Crippen LogP contribution >= 0.6 is 23.1 Å². The first kappa shape index (κ1) is 16.9. The van der Waals surface area contributed by atoms with Crippen LogP contribution in [-0.2, 0) is 6.54 Å². The Morgan fingerprint density at radius 3 is 2.73 bits per heavy atom. The Hall–Kier alpha value is -2.52. The average molecular weight is 384 g/mol. The van der Waals surface area contributed by atoms with Crippen molar-refractivity contribution in [2.24, 2.45) is 0 Å². The number of hydrogen-bond acceptors (Lipinski definition) is 8. The molecule has 0 unspecified atom stereocenters. The number of hydrogen-bond donors (Lipinski definition) is 0. The first-order valence-electron chi connectivity index (χ1n) is 8.13. The van der Waals surface area contributed by atoms with E-state index in [-0.39, 0.29) is 5.25 Å². The number of thiophene rings is 1. The van der Waals surface area contributed by atoms with Gasteiger partial charge in [-0.25, -0.2) is 0 Å².